The fraction of sp³-hybridized carbons (Fsp3) is 0.250. The van der Waals surface area contributed by atoms with E-state index in [1.165, 1.54) is 5.56 Å². The summed E-state index contributed by atoms with van der Waals surface area (Å²) in [6.07, 6.45) is 1.71. The molecule has 2 nitrogen and oxygen atoms in total. The summed E-state index contributed by atoms with van der Waals surface area (Å²) in [5.74, 6) is 0.753. The maximum atomic E-state index is 5.12. The van der Waals surface area contributed by atoms with Crippen LogP contribution < -0.4 is 4.74 Å². The summed E-state index contributed by atoms with van der Waals surface area (Å²) in [6, 6.07) is 9.89. The quantitative estimate of drug-likeness (QED) is 0.677. The molecule has 0 atom stereocenters. The van der Waals surface area contributed by atoms with Crippen molar-refractivity contribution in [2.75, 3.05) is 7.11 Å². The zero-order chi connectivity index (χ0) is 10.4. The number of rotatable bonds is 1. The van der Waals surface area contributed by atoms with E-state index in [1.54, 1.807) is 13.3 Å². The number of aryl methyl sites for hydroxylation is 2. The van der Waals surface area contributed by atoms with E-state index >= 15 is 0 Å². The summed E-state index contributed by atoms with van der Waals surface area (Å²) < 4.78 is 5.12. The molecule has 0 amide bonds. The average molecular weight is 189 g/mol. The smallest absolute Gasteiger partial charge is 0.137 e. The van der Waals surface area contributed by atoms with Gasteiger partial charge in [0.2, 0.25) is 0 Å². The van der Waals surface area contributed by atoms with Crippen LogP contribution in [0.3, 0.4) is 0 Å². The van der Waals surface area contributed by atoms with Crippen LogP contribution in [0, 0.1) is 13.8 Å². The van der Waals surface area contributed by atoms with Gasteiger partial charge in [-0.15, -0.1) is 0 Å². The number of methoxy groups -OCH3 is 1. The molecule has 0 spiro atoms. The highest BCUT2D eigenvalue weighted by Gasteiger charge is 1.84. The van der Waals surface area contributed by atoms with Crippen molar-refractivity contribution in [3.63, 3.8) is 0 Å². The minimum Gasteiger partial charge on any atom is -0.495 e. The molecule has 14 heavy (non-hydrogen) atoms. The third kappa shape index (κ3) is 3.44. The first-order valence-electron chi connectivity index (χ1n) is 4.54. The van der Waals surface area contributed by atoms with E-state index < -0.39 is 0 Å². The fourth-order valence-corrected chi connectivity index (χ4v) is 0.975. The van der Waals surface area contributed by atoms with Gasteiger partial charge < -0.3 is 4.74 Å². The lowest BCUT2D eigenvalue weighted by Crippen LogP contribution is -1.81. The number of aromatic nitrogens is 1. The van der Waals surface area contributed by atoms with E-state index in [2.05, 4.69) is 4.98 Å². The van der Waals surface area contributed by atoms with Crippen molar-refractivity contribution in [2.45, 2.75) is 13.8 Å². The molecule has 0 radical (unpaired) electrons. The number of nitrogens with zero attached hydrogens (tertiary/aromatic N) is 1. The molecule has 1 aromatic heterocycles. The Morgan fingerprint density at radius 2 is 1.86 bits per heavy atom. The lowest BCUT2D eigenvalue weighted by atomic mass is 10.3. The van der Waals surface area contributed by atoms with Crippen molar-refractivity contribution >= 4 is 0 Å². The zero-order valence-electron chi connectivity index (χ0n) is 8.82. The van der Waals surface area contributed by atoms with Gasteiger partial charge in [-0.3, -0.25) is 4.98 Å². The molecule has 0 bridgehead atoms. The molecule has 0 saturated carbocycles. The summed E-state index contributed by atoms with van der Waals surface area (Å²) in [7, 11) is 1.64. The molecule has 0 saturated heterocycles. The van der Waals surface area contributed by atoms with E-state index in [0.717, 1.165) is 11.4 Å². The van der Waals surface area contributed by atoms with Gasteiger partial charge in [-0.2, -0.15) is 0 Å². The van der Waals surface area contributed by atoms with Gasteiger partial charge in [0.25, 0.3) is 0 Å². The number of hydrogen-bond donors (Lipinski definition) is 0. The molecule has 2 heteroatoms. The summed E-state index contributed by atoms with van der Waals surface area (Å²) in [5, 5.41) is 0. The Kier molecular flexibility index (Phi) is 3.92. The maximum absolute atomic E-state index is 5.12. The van der Waals surface area contributed by atoms with Gasteiger partial charge in [-0.05, 0) is 26.0 Å². The standard InChI is InChI=1S/C12H15NO/c1-10-5-4-6-12(14-3)9-13-11(2)8-7-10/h4-9H,1-3H3. The molecule has 0 aromatic carbocycles. The molecule has 1 rings (SSSR count). The first-order chi connectivity index (χ1) is 6.72. The molecule has 1 heterocycles. The van der Waals surface area contributed by atoms with E-state index in [4.69, 9.17) is 4.74 Å². The molecule has 74 valence electrons. The topological polar surface area (TPSA) is 22.1 Å². The molecule has 0 fully saturated rings. The van der Waals surface area contributed by atoms with Crippen LogP contribution in [-0.4, -0.2) is 12.1 Å². The fourth-order valence-electron chi connectivity index (χ4n) is 0.975. The molecule has 0 unspecified atom stereocenters. The largest absolute Gasteiger partial charge is 0.495 e. The van der Waals surface area contributed by atoms with Crippen molar-refractivity contribution in [3.8, 4) is 5.75 Å². The van der Waals surface area contributed by atoms with Gasteiger partial charge in [0.1, 0.15) is 5.75 Å². The summed E-state index contributed by atoms with van der Waals surface area (Å²) in [6.45, 7) is 4.00. The average Bonchev–Trinajstić information content (AvgIpc) is 2.19. The Labute approximate surface area is 84.9 Å². The molecule has 0 aliphatic heterocycles. The van der Waals surface area contributed by atoms with Crippen LogP contribution in [-0.2, 0) is 0 Å². The van der Waals surface area contributed by atoms with Gasteiger partial charge in [0, 0.05) is 5.69 Å². The molecule has 0 aliphatic carbocycles. The second-order valence-corrected chi connectivity index (χ2v) is 3.11. The molecular formula is C12H15NO. The molecule has 0 N–H and O–H groups in total. The van der Waals surface area contributed by atoms with Crippen LogP contribution >= 0.6 is 0 Å². The van der Waals surface area contributed by atoms with Crippen LogP contribution in [0.4, 0.5) is 0 Å². The van der Waals surface area contributed by atoms with E-state index in [-0.39, 0.29) is 0 Å². The highest BCUT2D eigenvalue weighted by Crippen LogP contribution is 2.04. The molecular weight excluding hydrogens is 174 g/mol. The van der Waals surface area contributed by atoms with Crippen LogP contribution in [0.2, 0.25) is 0 Å². The third-order valence-electron chi connectivity index (χ3n) is 1.84. The van der Waals surface area contributed by atoms with Gasteiger partial charge in [-0.1, -0.05) is 23.8 Å². The van der Waals surface area contributed by atoms with Crippen LogP contribution in [0.1, 0.15) is 11.3 Å². The first kappa shape index (κ1) is 10.5. The normalized spacial score (nSPS) is 9.07. The highest BCUT2D eigenvalue weighted by atomic mass is 16.5. The second-order valence-electron chi connectivity index (χ2n) is 3.11. The first-order valence-corrected chi connectivity index (χ1v) is 4.54. The van der Waals surface area contributed by atoms with Gasteiger partial charge >= 0.3 is 0 Å². The van der Waals surface area contributed by atoms with Crippen molar-refractivity contribution in [1.29, 1.82) is 0 Å². The highest BCUT2D eigenvalue weighted by molar-refractivity contribution is 5.18. The van der Waals surface area contributed by atoms with E-state index in [0.29, 0.717) is 0 Å². The van der Waals surface area contributed by atoms with Gasteiger partial charge in [-0.25, -0.2) is 0 Å². The Morgan fingerprint density at radius 3 is 2.57 bits per heavy atom. The second kappa shape index (κ2) is 5.22. The van der Waals surface area contributed by atoms with Crippen molar-refractivity contribution < 1.29 is 4.74 Å². The summed E-state index contributed by atoms with van der Waals surface area (Å²) in [4.78, 5) is 4.24. The van der Waals surface area contributed by atoms with Crippen LogP contribution in [0.25, 0.3) is 0 Å². The summed E-state index contributed by atoms with van der Waals surface area (Å²) >= 11 is 0. The Morgan fingerprint density at radius 1 is 1.07 bits per heavy atom. The van der Waals surface area contributed by atoms with E-state index in [9.17, 15) is 0 Å². The minimum absolute atomic E-state index is 0.753. The van der Waals surface area contributed by atoms with Gasteiger partial charge in [0.05, 0.1) is 13.3 Å². The Hall–Kier alpha value is -1.57. The number of hydrogen-bond acceptors (Lipinski definition) is 2. The monoisotopic (exact) mass is 189 g/mol. The Bertz CT molecular complexity index is 360. The zero-order valence-corrected chi connectivity index (χ0v) is 8.82. The molecule has 1 aromatic rings. The SMILES string of the molecule is COc1cccc(C)ccc(C)nc1. The van der Waals surface area contributed by atoms with Gasteiger partial charge in [0.15, 0.2) is 0 Å². The minimum atomic E-state index is 0.753. The van der Waals surface area contributed by atoms with Crippen molar-refractivity contribution in [3.05, 3.63) is 47.8 Å². The van der Waals surface area contributed by atoms with Crippen molar-refractivity contribution in [2.24, 2.45) is 0 Å². The lowest BCUT2D eigenvalue weighted by Gasteiger charge is -1.94. The van der Waals surface area contributed by atoms with Crippen molar-refractivity contribution in [1.82, 2.24) is 4.98 Å². The summed E-state index contributed by atoms with van der Waals surface area (Å²) in [5.41, 5.74) is 2.15. The van der Waals surface area contributed by atoms with E-state index in [1.807, 2.05) is 44.2 Å². The lowest BCUT2D eigenvalue weighted by molar-refractivity contribution is 0.413. The molecule has 0 aliphatic rings. The maximum Gasteiger partial charge on any atom is 0.137 e. The third-order valence-corrected chi connectivity index (χ3v) is 1.84. The van der Waals surface area contributed by atoms with Crippen LogP contribution in [0.15, 0.2) is 36.5 Å². The predicted molar refractivity (Wildman–Crippen MR) is 57.9 cm³/mol. The number of ether oxygens (including phenoxy) is 1. The predicted octanol–water partition coefficient (Wildman–Crippen LogP) is 2.83. The Balaban J connectivity index is 3.28. The van der Waals surface area contributed by atoms with Crippen LogP contribution in [0.5, 0.6) is 5.75 Å².